The van der Waals surface area contributed by atoms with Gasteiger partial charge in [0, 0.05) is 54.0 Å². The number of benzene rings is 3. The van der Waals surface area contributed by atoms with E-state index in [4.69, 9.17) is 19.9 Å². The van der Waals surface area contributed by atoms with E-state index < -0.39 is 6.10 Å². The van der Waals surface area contributed by atoms with Crippen LogP contribution in [0.1, 0.15) is 87.0 Å². The average Bonchev–Trinajstić information content (AvgIpc) is 3.64. The number of aryl methyl sites for hydroxylation is 1. The number of aliphatic hydroxyl groups excluding tert-OH is 2. The van der Waals surface area contributed by atoms with E-state index in [-0.39, 0.29) is 36.6 Å². The molecule has 3 aliphatic heterocycles. The van der Waals surface area contributed by atoms with E-state index in [1.54, 1.807) is 6.07 Å². The van der Waals surface area contributed by atoms with Crippen LogP contribution in [0.5, 0.6) is 11.5 Å². The normalized spacial score (nSPS) is 22.6. The molecule has 4 bridgehead atoms. The van der Waals surface area contributed by atoms with Gasteiger partial charge in [0.2, 0.25) is 0 Å². The van der Waals surface area contributed by atoms with Gasteiger partial charge < -0.3 is 45.1 Å². The van der Waals surface area contributed by atoms with E-state index in [2.05, 4.69) is 77.7 Å². The molecule has 0 aliphatic carbocycles. The number of nitrogens with one attached hydrogen (secondary N) is 1. The smallest absolute Gasteiger partial charge is 0.161 e. The quantitative estimate of drug-likeness (QED) is 0.121. The van der Waals surface area contributed by atoms with Crippen molar-refractivity contribution in [3.05, 3.63) is 113 Å². The summed E-state index contributed by atoms with van der Waals surface area (Å²) in [5, 5.41) is 37.3. The van der Waals surface area contributed by atoms with Gasteiger partial charge in [-0.15, -0.1) is 0 Å². The molecule has 4 heterocycles. The van der Waals surface area contributed by atoms with Crippen molar-refractivity contribution < 1.29 is 29.5 Å². The first kappa shape index (κ1) is 38.2. The van der Waals surface area contributed by atoms with E-state index in [1.165, 1.54) is 11.1 Å². The first-order valence-electron chi connectivity index (χ1n) is 19.9. The number of hydrogen-bond donors (Lipinski definition) is 5. The van der Waals surface area contributed by atoms with Gasteiger partial charge >= 0.3 is 0 Å². The molecular formula is C45H57N3O6. The third kappa shape index (κ3) is 8.72. The van der Waals surface area contributed by atoms with Gasteiger partial charge in [-0.05, 0) is 110 Å². The number of phenols is 1. The van der Waals surface area contributed by atoms with E-state index in [9.17, 15) is 15.3 Å². The van der Waals surface area contributed by atoms with Crippen LogP contribution >= 0.6 is 0 Å². The second-order valence-electron chi connectivity index (χ2n) is 15.4. The molecule has 0 amide bonds. The number of aromatic hydroxyl groups is 1. The lowest BCUT2D eigenvalue weighted by Crippen LogP contribution is -2.38. The van der Waals surface area contributed by atoms with Gasteiger partial charge in [0.25, 0.3) is 0 Å². The maximum atomic E-state index is 11.3. The van der Waals surface area contributed by atoms with Gasteiger partial charge in [-0.25, -0.2) is 0 Å². The summed E-state index contributed by atoms with van der Waals surface area (Å²) >= 11 is 0. The molecule has 4 atom stereocenters. The van der Waals surface area contributed by atoms with Crippen LogP contribution in [0, 0.1) is 5.92 Å². The number of fused-ring (bicyclic) bond motifs is 4. The van der Waals surface area contributed by atoms with Gasteiger partial charge in [0.05, 0.1) is 25.0 Å². The van der Waals surface area contributed by atoms with Crippen LogP contribution in [-0.2, 0) is 27.9 Å². The number of rotatable bonds is 9. The zero-order chi connectivity index (χ0) is 37.5. The molecule has 1 saturated heterocycles. The molecule has 0 spiro atoms. The number of aliphatic hydroxyl groups is 2. The minimum absolute atomic E-state index is 0.0889. The number of hydrogen-bond acceptors (Lipinski definition) is 8. The van der Waals surface area contributed by atoms with E-state index in [0.717, 1.165) is 78.2 Å². The van der Waals surface area contributed by atoms with Gasteiger partial charge in [-0.1, -0.05) is 61.9 Å². The second kappa shape index (κ2) is 17.6. The first-order valence-corrected chi connectivity index (χ1v) is 19.9. The molecule has 54 heavy (non-hydrogen) atoms. The Hall–Kier alpha value is -4.12. The predicted octanol–water partition coefficient (Wildman–Crippen LogP) is 7.30. The van der Waals surface area contributed by atoms with Crippen LogP contribution in [0.15, 0.2) is 90.8 Å². The lowest BCUT2D eigenvalue weighted by molar-refractivity contribution is 0.0146. The molecule has 288 valence electrons. The average molecular weight is 736 g/mol. The van der Waals surface area contributed by atoms with Gasteiger partial charge in [0.15, 0.2) is 11.5 Å². The summed E-state index contributed by atoms with van der Waals surface area (Å²) in [6.45, 7) is 4.40. The zero-order valence-electron chi connectivity index (χ0n) is 31.6. The number of aromatic nitrogens is 1. The Morgan fingerprint density at radius 2 is 1.83 bits per heavy atom. The van der Waals surface area contributed by atoms with Crippen molar-refractivity contribution in [2.45, 2.75) is 102 Å². The molecule has 7 rings (SSSR count). The van der Waals surface area contributed by atoms with Crippen LogP contribution in [0.2, 0.25) is 0 Å². The van der Waals surface area contributed by atoms with Crippen molar-refractivity contribution in [1.29, 1.82) is 0 Å². The third-order valence-corrected chi connectivity index (χ3v) is 11.9. The molecule has 0 saturated carbocycles. The fourth-order valence-corrected chi connectivity index (χ4v) is 8.60. The Labute approximate surface area is 319 Å². The number of ether oxygens (including phenoxy) is 3. The molecule has 4 aromatic rings. The maximum Gasteiger partial charge on any atom is 0.161 e. The van der Waals surface area contributed by atoms with E-state index >= 15 is 0 Å². The summed E-state index contributed by atoms with van der Waals surface area (Å²) in [4.78, 5) is 0. The third-order valence-electron chi connectivity index (χ3n) is 11.9. The topological polar surface area (TPSA) is 131 Å². The highest BCUT2D eigenvalue weighted by Gasteiger charge is 2.37. The summed E-state index contributed by atoms with van der Waals surface area (Å²) < 4.78 is 21.2. The Morgan fingerprint density at radius 1 is 1.00 bits per heavy atom. The minimum Gasteiger partial charge on any atom is -0.504 e. The van der Waals surface area contributed by atoms with Gasteiger partial charge in [-0.2, -0.15) is 0 Å². The van der Waals surface area contributed by atoms with Crippen molar-refractivity contribution in [3.63, 3.8) is 0 Å². The molecule has 3 aliphatic rings. The molecule has 9 nitrogen and oxygen atoms in total. The van der Waals surface area contributed by atoms with Crippen LogP contribution in [0.3, 0.4) is 0 Å². The molecule has 6 N–H and O–H groups in total. The van der Waals surface area contributed by atoms with Crippen molar-refractivity contribution in [2.75, 3.05) is 26.4 Å². The minimum atomic E-state index is -0.559. The highest BCUT2D eigenvalue weighted by Crippen LogP contribution is 2.43. The predicted molar refractivity (Wildman–Crippen MR) is 213 cm³/mol. The standard InChI is InChI=1S/C45H57N3O6/c1-2-31(7-6-20-49)11-15-39-26-38(50)14-10-32-12-16-41(51)42(23-32)54-30-35-25-37(45(18-21-52-22-19-45)36-8-4-3-5-9-36)24-34-27-48(28-40(34)35)44-33(29-53-39)13-17-43(46)47-44/h3-5,8-9,12-13,16-17,23-25,27-28,31,38-39,43,47,49-51H,2,6-7,10-11,14-15,18-22,26,29-30,46H2,1H3. The van der Waals surface area contributed by atoms with Crippen LogP contribution < -0.4 is 15.8 Å². The number of dihydropyridines is 1. The van der Waals surface area contributed by atoms with Crippen LogP contribution in [-0.4, -0.2) is 64.7 Å². The summed E-state index contributed by atoms with van der Waals surface area (Å²) in [6, 6.07) is 20.9. The van der Waals surface area contributed by atoms with Gasteiger partial charge in [0.1, 0.15) is 12.4 Å². The molecule has 3 aromatic carbocycles. The Bertz CT molecular complexity index is 1910. The molecule has 4 unspecified atom stereocenters. The number of nitrogens with zero attached hydrogens (tertiary/aromatic N) is 1. The lowest BCUT2D eigenvalue weighted by Gasteiger charge is -2.39. The SMILES string of the molecule is CCC(CCCO)CCC1CC(O)CCc2ccc(O)c(c2)OCc2cc(C3(c4ccccc4)CCOCC3)cc3cn(cc23)C2=C(C=CC(N)N2)CO1. The van der Waals surface area contributed by atoms with E-state index in [0.29, 0.717) is 50.8 Å². The Balaban J connectivity index is 1.31. The fourth-order valence-electron chi connectivity index (χ4n) is 8.60. The highest BCUT2D eigenvalue weighted by atomic mass is 16.5. The Kier molecular flexibility index (Phi) is 12.4. The largest absolute Gasteiger partial charge is 0.504 e. The fraction of sp³-hybridized carbons (Fsp3) is 0.467. The monoisotopic (exact) mass is 735 g/mol. The second-order valence-corrected chi connectivity index (χ2v) is 15.4. The van der Waals surface area contributed by atoms with Crippen LogP contribution in [0.4, 0.5) is 0 Å². The molecule has 0 radical (unpaired) electrons. The summed E-state index contributed by atoms with van der Waals surface area (Å²) in [6.07, 6.45) is 15.3. The molecule has 1 aromatic heterocycles. The lowest BCUT2D eigenvalue weighted by atomic mass is 9.68. The van der Waals surface area contributed by atoms with Crippen molar-refractivity contribution in [2.24, 2.45) is 11.7 Å². The van der Waals surface area contributed by atoms with Gasteiger partial charge in [-0.3, -0.25) is 0 Å². The van der Waals surface area contributed by atoms with Crippen molar-refractivity contribution >= 4 is 16.6 Å². The van der Waals surface area contributed by atoms with Crippen molar-refractivity contribution in [3.8, 4) is 11.5 Å². The highest BCUT2D eigenvalue weighted by molar-refractivity contribution is 5.88. The Morgan fingerprint density at radius 3 is 2.63 bits per heavy atom. The summed E-state index contributed by atoms with van der Waals surface area (Å²) in [5.41, 5.74) is 11.7. The number of phenolic OH excluding ortho intramolecular Hbond substituents is 1. The first-order chi connectivity index (χ1) is 26.3. The van der Waals surface area contributed by atoms with Crippen molar-refractivity contribution in [1.82, 2.24) is 9.88 Å². The van der Waals surface area contributed by atoms with E-state index in [1.807, 2.05) is 18.2 Å². The zero-order valence-corrected chi connectivity index (χ0v) is 31.6. The molecular weight excluding hydrogens is 679 g/mol. The summed E-state index contributed by atoms with van der Waals surface area (Å²) in [7, 11) is 0. The molecule has 9 heteroatoms. The maximum absolute atomic E-state index is 11.3. The van der Waals surface area contributed by atoms with Crippen LogP contribution in [0.25, 0.3) is 16.6 Å². The molecule has 1 fully saturated rings. The summed E-state index contributed by atoms with van der Waals surface area (Å²) in [5.74, 6) is 1.87. The number of nitrogens with two attached hydrogens (primary N) is 1.